The van der Waals surface area contributed by atoms with Crippen LogP contribution in [0.3, 0.4) is 0 Å². The van der Waals surface area contributed by atoms with Crippen molar-refractivity contribution in [1.82, 2.24) is 10.2 Å². The van der Waals surface area contributed by atoms with Crippen LogP contribution in [-0.4, -0.2) is 55.7 Å². The second-order valence-electron chi connectivity index (χ2n) is 6.58. The summed E-state index contributed by atoms with van der Waals surface area (Å²) in [7, 11) is 1.62. The molecule has 6 heteroatoms. The van der Waals surface area contributed by atoms with Crippen LogP contribution in [0.1, 0.15) is 31.1 Å². The number of anilines is 1. The van der Waals surface area contributed by atoms with Crippen LogP contribution in [0.2, 0.25) is 0 Å². The number of hydrogen-bond acceptors (Lipinski definition) is 4. The molecule has 6 nitrogen and oxygen atoms in total. The Morgan fingerprint density at radius 2 is 1.78 bits per heavy atom. The lowest BCUT2D eigenvalue weighted by atomic mass is 10.1. The molecule has 1 aliphatic heterocycles. The number of carbonyl (C=O) groups is 2. The molecule has 2 rings (SSSR count). The Bertz CT molecular complexity index is 573. The lowest BCUT2D eigenvalue weighted by Gasteiger charge is -2.36. The first-order valence-corrected chi connectivity index (χ1v) is 7.85. The van der Waals surface area contributed by atoms with Gasteiger partial charge in [-0.2, -0.15) is 0 Å². The van der Waals surface area contributed by atoms with E-state index in [0.717, 1.165) is 18.8 Å². The highest BCUT2D eigenvalue weighted by Crippen LogP contribution is 2.19. The molecule has 126 valence electrons. The average Bonchev–Trinajstić information content (AvgIpc) is 2.53. The van der Waals surface area contributed by atoms with Crippen LogP contribution < -0.4 is 10.2 Å². The van der Waals surface area contributed by atoms with Crippen LogP contribution in [0.4, 0.5) is 10.5 Å². The largest absolute Gasteiger partial charge is 0.444 e. The Labute approximate surface area is 137 Å². The van der Waals surface area contributed by atoms with Gasteiger partial charge in [-0.1, -0.05) is 6.07 Å². The summed E-state index contributed by atoms with van der Waals surface area (Å²) in [6, 6.07) is 7.52. The summed E-state index contributed by atoms with van der Waals surface area (Å²) >= 11 is 0. The number of ether oxygens (including phenoxy) is 1. The molecular formula is C17H25N3O3. The molecule has 1 saturated heterocycles. The standard InChI is InChI=1S/C17H25N3O3/c1-17(2,3)23-16(22)20-10-8-19(9-11-20)14-7-5-6-13(12-14)15(21)18-4/h5-7,12H,8-11H2,1-4H3,(H,18,21). The highest BCUT2D eigenvalue weighted by Gasteiger charge is 2.26. The minimum absolute atomic E-state index is 0.0979. The van der Waals surface area contributed by atoms with Crippen molar-refractivity contribution in [2.24, 2.45) is 0 Å². The van der Waals surface area contributed by atoms with Gasteiger partial charge < -0.3 is 19.9 Å². The molecule has 0 spiro atoms. The van der Waals surface area contributed by atoms with Crippen molar-refractivity contribution in [3.8, 4) is 0 Å². The number of rotatable bonds is 2. The molecule has 1 fully saturated rings. The van der Waals surface area contributed by atoms with Crippen molar-refractivity contribution >= 4 is 17.7 Å². The van der Waals surface area contributed by atoms with Gasteiger partial charge in [0.25, 0.3) is 5.91 Å². The summed E-state index contributed by atoms with van der Waals surface area (Å²) < 4.78 is 5.40. The summed E-state index contributed by atoms with van der Waals surface area (Å²) in [6.45, 7) is 8.26. The van der Waals surface area contributed by atoms with Gasteiger partial charge in [-0.05, 0) is 39.0 Å². The molecule has 2 amide bonds. The molecular weight excluding hydrogens is 294 g/mol. The van der Waals surface area contributed by atoms with Crippen LogP contribution in [0.5, 0.6) is 0 Å². The van der Waals surface area contributed by atoms with E-state index in [-0.39, 0.29) is 12.0 Å². The third-order valence-corrected chi connectivity index (χ3v) is 3.63. The van der Waals surface area contributed by atoms with E-state index in [4.69, 9.17) is 4.74 Å². The molecule has 0 aliphatic carbocycles. The third-order valence-electron chi connectivity index (χ3n) is 3.63. The van der Waals surface area contributed by atoms with E-state index in [0.29, 0.717) is 18.7 Å². The minimum Gasteiger partial charge on any atom is -0.444 e. The van der Waals surface area contributed by atoms with E-state index in [1.54, 1.807) is 18.0 Å². The van der Waals surface area contributed by atoms with Gasteiger partial charge in [0.1, 0.15) is 5.60 Å². The lowest BCUT2D eigenvalue weighted by Crippen LogP contribution is -2.50. The van der Waals surface area contributed by atoms with Crippen LogP contribution >= 0.6 is 0 Å². The summed E-state index contributed by atoms with van der Waals surface area (Å²) in [5, 5.41) is 2.63. The Kier molecular flexibility index (Phi) is 5.13. The zero-order valence-corrected chi connectivity index (χ0v) is 14.3. The number of piperazine rings is 1. The molecule has 23 heavy (non-hydrogen) atoms. The summed E-state index contributed by atoms with van der Waals surface area (Å²) in [4.78, 5) is 27.7. The molecule has 0 radical (unpaired) electrons. The monoisotopic (exact) mass is 319 g/mol. The fraction of sp³-hybridized carbons (Fsp3) is 0.529. The molecule has 0 unspecified atom stereocenters. The molecule has 1 heterocycles. The minimum atomic E-state index is -0.476. The van der Waals surface area contributed by atoms with Crippen LogP contribution in [0, 0.1) is 0 Å². The first-order chi connectivity index (χ1) is 10.8. The van der Waals surface area contributed by atoms with Crippen molar-refractivity contribution in [3.05, 3.63) is 29.8 Å². The molecule has 0 bridgehead atoms. The van der Waals surface area contributed by atoms with Crippen molar-refractivity contribution in [3.63, 3.8) is 0 Å². The first-order valence-electron chi connectivity index (χ1n) is 7.85. The van der Waals surface area contributed by atoms with E-state index in [2.05, 4.69) is 10.2 Å². The molecule has 0 aromatic heterocycles. The maximum Gasteiger partial charge on any atom is 0.410 e. The second kappa shape index (κ2) is 6.89. The second-order valence-corrected chi connectivity index (χ2v) is 6.58. The quantitative estimate of drug-likeness (QED) is 0.907. The molecule has 1 N–H and O–H groups in total. The zero-order chi connectivity index (χ0) is 17.0. The highest BCUT2D eigenvalue weighted by molar-refractivity contribution is 5.94. The van der Waals surface area contributed by atoms with E-state index in [1.165, 1.54) is 0 Å². The summed E-state index contributed by atoms with van der Waals surface area (Å²) in [5.74, 6) is -0.0979. The number of benzene rings is 1. The first kappa shape index (κ1) is 17.1. The van der Waals surface area contributed by atoms with E-state index in [1.807, 2.05) is 39.0 Å². The van der Waals surface area contributed by atoms with Crippen molar-refractivity contribution in [2.45, 2.75) is 26.4 Å². The normalized spacial score (nSPS) is 15.3. The Morgan fingerprint density at radius 3 is 2.35 bits per heavy atom. The fourth-order valence-corrected chi connectivity index (χ4v) is 2.46. The van der Waals surface area contributed by atoms with Gasteiger partial charge in [0.2, 0.25) is 0 Å². The van der Waals surface area contributed by atoms with E-state index in [9.17, 15) is 9.59 Å². The van der Waals surface area contributed by atoms with Crippen molar-refractivity contribution < 1.29 is 14.3 Å². The number of hydrogen-bond donors (Lipinski definition) is 1. The van der Waals surface area contributed by atoms with Gasteiger partial charge in [-0.15, -0.1) is 0 Å². The van der Waals surface area contributed by atoms with Crippen molar-refractivity contribution in [1.29, 1.82) is 0 Å². The number of nitrogens with one attached hydrogen (secondary N) is 1. The molecule has 0 saturated carbocycles. The maximum atomic E-state index is 12.1. The highest BCUT2D eigenvalue weighted by atomic mass is 16.6. The summed E-state index contributed by atoms with van der Waals surface area (Å²) in [6.07, 6.45) is -0.267. The molecule has 0 atom stereocenters. The molecule has 1 aromatic carbocycles. The number of nitrogens with zero attached hydrogens (tertiary/aromatic N) is 2. The van der Waals surface area contributed by atoms with Crippen LogP contribution in [0.25, 0.3) is 0 Å². The Balaban J connectivity index is 1.97. The SMILES string of the molecule is CNC(=O)c1cccc(N2CCN(C(=O)OC(C)(C)C)CC2)c1. The third kappa shape index (κ3) is 4.61. The molecule has 1 aliphatic rings. The number of carbonyl (C=O) groups excluding carboxylic acids is 2. The smallest absolute Gasteiger partial charge is 0.410 e. The van der Waals surface area contributed by atoms with Gasteiger partial charge in [0.15, 0.2) is 0 Å². The Hall–Kier alpha value is -2.24. The average molecular weight is 319 g/mol. The molecule has 1 aromatic rings. The van der Waals surface area contributed by atoms with Gasteiger partial charge in [0.05, 0.1) is 0 Å². The van der Waals surface area contributed by atoms with Gasteiger partial charge >= 0.3 is 6.09 Å². The zero-order valence-electron chi connectivity index (χ0n) is 14.3. The van der Waals surface area contributed by atoms with Gasteiger partial charge in [-0.25, -0.2) is 4.79 Å². The van der Waals surface area contributed by atoms with Gasteiger partial charge in [-0.3, -0.25) is 4.79 Å². The maximum absolute atomic E-state index is 12.1. The number of amides is 2. The van der Waals surface area contributed by atoms with Gasteiger partial charge in [0, 0.05) is 44.5 Å². The van der Waals surface area contributed by atoms with Crippen LogP contribution in [-0.2, 0) is 4.74 Å². The summed E-state index contributed by atoms with van der Waals surface area (Å²) in [5.41, 5.74) is 1.16. The van der Waals surface area contributed by atoms with E-state index >= 15 is 0 Å². The van der Waals surface area contributed by atoms with E-state index < -0.39 is 5.60 Å². The fourth-order valence-electron chi connectivity index (χ4n) is 2.46. The Morgan fingerprint density at radius 1 is 1.13 bits per heavy atom. The predicted octanol–water partition coefficient (Wildman–Crippen LogP) is 2.10. The van der Waals surface area contributed by atoms with Crippen LogP contribution in [0.15, 0.2) is 24.3 Å². The van der Waals surface area contributed by atoms with Crippen molar-refractivity contribution in [2.75, 3.05) is 38.1 Å². The predicted molar refractivity (Wildman–Crippen MR) is 89.9 cm³/mol. The lowest BCUT2D eigenvalue weighted by molar-refractivity contribution is 0.0240. The topological polar surface area (TPSA) is 61.9 Å².